The molecule has 1 amide bonds. The zero-order chi connectivity index (χ0) is 16.9. The van der Waals surface area contributed by atoms with Crippen LogP contribution in [-0.4, -0.2) is 51.5 Å². The highest BCUT2D eigenvalue weighted by atomic mass is 32.1. The third-order valence-electron chi connectivity index (χ3n) is 4.31. The van der Waals surface area contributed by atoms with E-state index in [9.17, 15) is 9.18 Å². The summed E-state index contributed by atoms with van der Waals surface area (Å²) in [6, 6.07) is 6.87. The van der Waals surface area contributed by atoms with Gasteiger partial charge >= 0.3 is 0 Å². The van der Waals surface area contributed by atoms with E-state index < -0.39 is 0 Å². The molecule has 0 N–H and O–H groups in total. The van der Waals surface area contributed by atoms with Gasteiger partial charge in [-0.2, -0.15) is 0 Å². The van der Waals surface area contributed by atoms with Gasteiger partial charge in [0.1, 0.15) is 10.7 Å². The van der Waals surface area contributed by atoms with E-state index in [0.717, 1.165) is 25.2 Å². The van der Waals surface area contributed by atoms with Crippen molar-refractivity contribution in [1.29, 1.82) is 0 Å². The first kappa shape index (κ1) is 17.0. The van der Waals surface area contributed by atoms with Gasteiger partial charge in [0.05, 0.1) is 5.69 Å². The summed E-state index contributed by atoms with van der Waals surface area (Å²) in [5, 5.41) is 4.02. The van der Waals surface area contributed by atoms with E-state index in [1.165, 1.54) is 17.6 Å². The first-order valence-electron chi connectivity index (χ1n) is 8.25. The molecule has 1 aliphatic heterocycles. The molecule has 1 aliphatic rings. The molecule has 0 spiro atoms. The SMILES string of the molecule is CCc1nnsc1C(=O)N1CCCN(Cc2ccccc2F)CC1. The number of nitrogens with zero attached hydrogens (tertiary/aromatic N) is 4. The monoisotopic (exact) mass is 348 g/mol. The molecule has 0 atom stereocenters. The number of benzene rings is 1. The molecule has 0 saturated carbocycles. The number of amides is 1. The van der Waals surface area contributed by atoms with Crippen LogP contribution in [0.3, 0.4) is 0 Å². The summed E-state index contributed by atoms with van der Waals surface area (Å²) < 4.78 is 17.7. The largest absolute Gasteiger partial charge is 0.337 e. The fourth-order valence-corrected chi connectivity index (χ4v) is 3.66. The van der Waals surface area contributed by atoms with Crippen molar-refractivity contribution >= 4 is 17.4 Å². The summed E-state index contributed by atoms with van der Waals surface area (Å²) in [6.45, 7) is 5.53. The summed E-state index contributed by atoms with van der Waals surface area (Å²) in [7, 11) is 0. The van der Waals surface area contributed by atoms with Crippen molar-refractivity contribution in [3.8, 4) is 0 Å². The number of hydrogen-bond donors (Lipinski definition) is 0. The molecule has 0 bridgehead atoms. The molecule has 7 heteroatoms. The van der Waals surface area contributed by atoms with Crippen LogP contribution < -0.4 is 0 Å². The predicted molar refractivity (Wildman–Crippen MR) is 91.5 cm³/mol. The molecule has 0 radical (unpaired) electrons. The van der Waals surface area contributed by atoms with Crippen LogP contribution in [0.4, 0.5) is 4.39 Å². The quantitative estimate of drug-likeness (QED) is 0.852. The molecule has 2 heterocycles. The minimum absolute atomic E-state index is 0.0228. The molecule has 1 saturated heterocycles. The maximum Gasteiger partial charge on any atom is 0.267 e. The van der Waals surface area contributed by atoms with Crippen molar-refractivity contribution in [3.05, 3.63) is 46.2 Å². The van der Waals surface area contributed by atoms with Gasteiger partial charge in [-0.05, 0) is 30.4 Å². The van der Waals surface area contributed by atoms with Gasteiger partial charge in [-0.15, -0.1) is 5.10 Å². The Labute approximate surface area is 145 Å². The van der Waals surface area contributed by atoms with E-state index in [2.05, 4.69) is 14.5 Å². The highest BCUT2D eigenvalue weighted by Gasteiger charge is 2.24. The summed E-state index contributed by atoms with van der Waals surface area (Å²) in [4.78, 5) is 17.4. The second-order valence-electron chi connectivity index (χ2n) is 5.92. The maximum absolute atomic E-state index is 13.8. The number of carbonyl (C=O) groups is 1. The topological polar surface area (TPSA) is 49.3 Å². The van der Waals surface area contributed by atoms with Gasteiger partial charge in [-0.1, -0.05) is 29.6 Å². The van der Waals surface area contributed by atoms with Gasteiger partial charge in [0, 0.05) is 38.3 Å². The fourth-order valence-electron chi connectivity index (χ4n) is 2.95. The number of carbonyl (C=O) groups excluding carboxylic acids is 1. The lowest BCUT2D eigenvalue weighted by atomic mass is 10.2. The molecule has 0 unspecified atom stereocenters. The molecule has 2 aromatic rings. The van der Waals surface area contributed by atoms with Gasteiger partial charge in [-0.25, -0.2) is 4.39 Å². The van der Waals surface area contributed by atoms with Crippen LogP contribution in [-0.2, 0) is 13.0 Å². The van der Waals surface area contributed by atoms with Crippen LogP contribution in [0.1, 0.15) is 34.3 Å². The second kappa shape index (κ2) is 7.81. The Bertz CT molecular complexity index is 705. The molecule has 3 rings (SSSR count). The molecule has 24 heavy (non-hydrogen) atoms. The van der Waals surface area contributed by atoms with Crippen LogP contribution in [0.5, 0.6) is 0 Å². The maximum atomic E-state index is 13.8. The molecule has 0 aliphatic carbocycles. The summed E-state index contributed by atoms with van der Waals surface area (Å²) in [6.07, 6.45) is 1.60. The van der Waals surface area contributed by atoms with E-state index in [4.69, 9.17) is 0 Å². The van der Waals surface area contributed by atoms with E-state index in [1.807, 2.05) is 24.0 Å². The lowest BCUT2D eigenvalue weighted by molar-refractivity contribution is 0.0764. The van der Waals surface area contributed by atoms with Crippen LogP contribution in [0, 0.1) is 5.82 Å². The minimum Gasteiger partial charge on any atom is -0.337 e. The van der Waals surface area contributed by atoms with Crippen LogP contribution in [0.2, 0.25) is 0 Å². The van der Waals surface area contributed by atoms with Crippen molar-refractivity contribution in [2.24, 2.45) is 0 Å². The normalized spacial score (nSPS) is 16.2. The highest BCUT2D eigenvalue weighted by Crippen LogP contribution is 2.17. The molecular formula is C17H21FN4OS. The zero-order valence-corrected chi connectivity index (χ0v) is 14.6. The Hall–Kier alpha value is -1.86. The van der Waals surface area contributed by atoms with Crippen molar-refractivity contribution in [1.82, 2.24) is 19.4 Å². The molecular weight excluding hydrogens is 327 g/mol. The molecule has 128 valence electrons. The second-order valence-corrected chi connectivity index (χ2v) is 6.67. The van der Waals surface area contributed by atoms with Gasteiger partial charge in [0.2, 0.25) is 0 Å². The third-order valence-corrected chi connectivity index (χ3v) is 5.07. The number of aryl methyl sites for hydroxylation is 1. The Morgan fingerprint density at radius 3 is 2.88 bits per heavy atom. The summed E-state index contributed by atoms with van der Waals surface area (Å²) >= 11 is 1.17. The smallest absolute Gasteiger partial charge is 0.267 e. The predicted octanol–water partition coefficient (Wildman–Crippen LogP) is 2.59. The van der Waals surface area contributed by atoms with Crippen molar-refractivity contribution in [2.45, 2.75) is 26.3 Å². The highest BCUT2D eigenvalue weighted by molar-refractivity contribution is 7.08. The molecule has 1 aromatic heterocycles. The standard InChI is InChI=1S/C17H21FN4OS/c1-2-15-16(24-20-19-15)17(23)22-9-5-8-21(10-11-22)12-13-6-3-4-7-14(13)18/h3-4,6-7H,2,5,8-12H2,1H3. The fraction of sp³-hybridized carbons (Fsp3) is 0.471. The van der Waals surface area contributed by atoms with E-state index in [1.54, 1.807) is 6.07 Å². The molecule has 5 nitrogen and oxygen atoms in total. The van der Waals surface area contributed by atoms with Crippen molar-refractivity contribution in [2.75, 3.05) is 26.2 Å². The number of rotatable bonds is 4. The molecule has 1 fully saturated rings. The minimum atomic E-state index is -0.169. The zero-order valence-electron chi connectivity index (χ0n) is 13.7. The average Bonchev–Trinajstić information content (AvgIpc) is 2.95. The third kappa shape index (κ3) is 3.79. The lowest BCUT2D eigenvalue weighted by Crippen LogP contribution is -2.35. The lowest BCUT2D eigenvalue weighted by Gasteiger charge is -2.22. The van der Waals surface area contributed by atoms with Crippen LogP contribution >= 0.6 is 11.5 Å². The molecule has 1 aromatic carbocycles. The van der Waals surface area contributed by atoms with E-state index in [0.29, 0.717) is 36.5 Å². The Kier molecular flexibility index (Phi) is 5.52. The first-order chi connectivity index (χ1) is 11.7. The summed E-state index contributed by atoms with van der Waals surface area (Å²) in [5.41, 5.74) is 1.48. The van der Waals surface area contributed by atoms with Crippen LogP contribution in [0.15, 0.2) is 24.3 Å². The van der Waals surface area contributed by atoms with Gasteiger partial charge < -0.3 is 4.90 Å². The van der Waals surface area contributed by atoms with E-state index in [-0.39, 0.29) is 11.7 Å². The Morgan fingerprint density at radius 2 is 2.08 bits per heavy atom. The van der Waals surface area contributed by atoms with Crippen molar-refractivity contribution < 1.29 is 9.18 Å². The number of aromatic nitrogens is 2. The van der Waals surface area contributed by atoms with Gasteiger partial charge in [0.25, 0.3) is 5.91 Å². The Balaban J connectivity index is 1.63. The van der Waals surface area contributed by atoms with Gasteiger partial charge in [0.15, 0.2) is 0 Å². The van der Waals surface area contributed by atoms with Crippen LogP contribution in [0.25, 0.3) is 0 Å². The first-order valence-corrected chi connectivity index (χ1v) is 9.02. The number of hydrogen-bond acceptors (Lipinski definition) is 5. The average molecular weight is 348 g/mol. The van der Waals surface area contributed by atoms with Gasteiger partial charge in [-0.3, -0.25) is 9.69 Å². The Morgan fingerprint density at radius 1 is 1.25 bits per heavy atom. The van der Waals surface area contributed by atoms with E-state index >= 15 is 0 Å². The van der Waals surface area contributed by atoms with Crippen molar-refractivity contribution in [3.63, 3.8) is 0 Å². The number of halogens is 1. The summed E-state index contributed by atoms with van der Waals surface area (Å²) in [5.74, 6) is -0.146.